The minimum Gasteiger partial charge on any atom is -0.477 e. The van der Waals surface area contributed by atoms with Gasteiger partial charge in [0, 0.05) is 31.4 Å². The number of fused-ring (bicyclic) bond motifs is 1. The molecular weight excluding hydrogens is 434 g/mol. The van der Waals surface area contributed by atoms with Crippen molar-refractivity contribution in [2.24, 2.45) is 0 Å². The Labute approximate surface area is 186 Å². The van der Waals surface area contributed by atoms with Gasteiger partial charge in [0.1, 0.15) is 0 Å². The van der Waals surface area contributed by atoms with Crippen molar-refractivity contribution in [1.29, 1.82) is 0 Å². The number of carbonyl (C=O) groups is 1. The topological polar surface area (TPSA) is 110 Å². The molecule has 1 amide bonds. The van der Waals surface area contributed by atoms with E-state index in [2.05, 4.69) is 0 Å². The molecule has 9 nitrogen and oxygen atoms in total. The van der Waals surface area contributed by atoms with Crippen LogP contribution in [0.4, 0.5) is 11.4 Å². The Morgan fingerprint density at radius 3 is 2.56 bits per heavy atom. The van der Waals surface area contributed by atoms with Crippen molar-refractivity contribution in [3.8, 4) is 5.75 Å². The number of nitro benzene ring substituents is 1. The predicted octanol–water partition coefficient (Wildman–Crippen LogP) is 3.05. The number of benzene rings is 2. The van der Waals surface area contributed by atoms with Gasteiger partial charge in [-0.2, -0.15) is 4.31 Å². The van der Waals surface area contributed by atoms with Gasteiger partial charge in [-0.1, -0.05) is 12.5 Å². The summed E-state index contributed by atoms with van der Waals surface area (Å²) in [6.45, 7) is 2.86. The average molecular weight is 460 g/mol. The fraction of sp³-hybridized carbons (Fsp3) is 0.409. The van der Waals surface area contributed by atoms with Gasteiger partial charge in [0.2, 0.25) is 10.0 Å². The van der Waals surface area contributed by atoms with Crippen LogP contribution in [0.2, 0.25) is 0 Å². The summed E-state index contributed by atoms with van der Waals surface area (Å²) in [6, 6.07) is 9.41. The van der Waals surface area contributed by atoms with Crippen LogP contribution in [-0.4, -0.2) is 49.8 Å². The molecule has 1 fully saturated rings. The van der Waals surface area contributed by atoms with Crippen molar-refractivity contribution >= 4 is 27.3 Å². The predicted molar refractivity (Wildman–Crippen MR) is 118 cm³/mol. The standard InChI is InChI=1S/C22H25N3O6S/c1-16-5-8-21(20(13-16)25(27)28)31-15-22(26)24-12-9-17-14-18(6-7-19(17)24)32(29,30)23-10-3-2-4-11-23/h5-8,13-14H,2-4,9-12,15H2,1H3. The SMILES string of the molecule is Cc1ccc(OCC(=O)N2CCc3cc(S(=O)(=O)N4CCCCC4)ccc32)c([N+](=O)[O-])c1. The molecule has 0 unspecified atom stereocenters. The molecule has 0 aliphatic carbocycles. The zero-order chi connectivity index (χ0) is 22.9. The summed E-state index contributed by atoms with van der Waals surface area (Å²) in [5.41, 5.74) is 1.97. The molecule has 0 spiro atoms. The summed E-state index contributed by atoms with van der Waals surface area (Å²) in [7, 11) is -3.54. The third kappa shape index (κ3) is 4.33. The zero-order valence-electron chi connectivity index (χ0n) is 17.8. The van der Waals surface area contributed by atoms with Crippen LogP contribution in [0.1, 0.15) is 30.4 Å². The van der Waals surface area contributed by atoms with E-state index in [0.717, 1.165) is 30.4 Å². The highest BCUT2D eigenvalue weighted by Gasteiger charge is 2.30. The van der Waals surface area contributed by atoms with Crippen LogP contribution in [0.3, 0.4) is 0 Å². The van der Waals surface area contributed by atoms with E-state index < -0.39 is 14.9 Å². The van der Waals surface area contributed by atoms with Crippen molar-refractivity contribution in [3.05, 3.63) is 57.6 Å². The van der Waals surface area contributed by atoms with Crippen molar-refractivity contribution in [3.63, 3.8) is 0 Å². The first-order valence-corrected chi connectivity index (χ1v) is 12.0. The third-order valence-electron chi connectivity index (χ3n) is 5.86. The van der Waals surface area contributed by atoms with E-state index in [1.807, 2.05) is 0 Å². The molecule has 0 saturated carbocycles. The molecule has 0 N–H and O–H groups in total. The molecule has 0 atom stereocenters. The monoisotopic (exact) mass is 459 g/mol. The fourth-order valence-corrected chi connectivity index (χ4v) is 5.73. The van der Waals surface area contributed by atoms with E-state index in [4.69, 9.17) is 4.74 Å². The molecule has 1 saturated heterocycles. The van der Waals surface area contributed by atoms with Crippen LogP contribution in [-0.2, 0) is 21.2 Å². The lowest BCUT2D eigenvalue weighted by molar-refractivity contribution is -0.385. The molecule has 32 heavy (non-hydrogen) atoms. The molecule has 2 heterocycles. The van der Waals surface area contributed by atoms with Crippen molar-refractivity contribution in [2.75, 3.05) is 31.1 Å². The number of nitro groups is 1. The van der Waals surface area contributed by atoms with Crippen molar-refractivity contribution in [1.82, 2.24) is 4.31 Å². The Morgan fingerprint density at radius 2 is 1.84 bits per heavy atom. The molecule has 4 rings (SSSR count). The lowest BCUT2D eigenvalue weighted by atomic mass is 10.2. The van der Waals surface area contributed by atoms with Gasteiger partial charge >= 0.3 is 5.69 Å². The maximum absolute atomic E-state index is 12.9. The molecule has 2 aliphatic rings. The van der Waals surface area contributed by atoms with E-state index in [9.17, 15) is 23.3 Å². The number of piperidine rings is 1. The number of ether oxygens (including phenoxy) is 1. The Balaban J connectivity index is 1.48. The number of hydrogen-bond donors (Lipinski definition) is 0. The summed E-state index contributed by atoms with van der Waals surface area (Å²) >= 11 is 0. The average Bonchev–Trinajstić information content (AvgIpc) is 3.22. The van der Waals surface area contributed by atoms with Crippen LogP contribution in [0.25, 0.3) is 0 Å². The van der Waals surface area contributed by atoms with Gasteiger partial charge in [0.15, 0.2) is 12.4 Å². The highest BCUT2D eigenvalue weighted by Crippen LogP contribution is 2.32. The Bertz CT molecular complexity index is 1160. The smallest absolute Gasteiger partial charge is 0.311 e. The highest BCUT2D eigenvalue weighted by molar-refractivity contribution is 7.89. The van der Waals surface area contributed by atoms with Crippen LogP contribution >= 0.6 is 0 Å². The number of aryl methyl sites for hydroxylation is 1. The maximum Gasteiger partial charge on any atom is 0.311 e. The van der Waals surface area contributed by atoms with E-state index in [1.54, 1.807) is 31.2 Å². The van der Waals surface area contributed by atoms with E-state index in [1.165, 1.54) is 21.3 Å². The Kier molecular flexibility index (Phi) is 6.16. The fourth-order valence-electron chi connectivity index (χ4n) is 4.16. The first kappa shape index (κ1) is 22.2. The second-order valence-corrected chi connectivity index (χ2v) is 10.0. The lowest BCUT2D eigenvalue weighted by Crippen LogP contribution is -2.35. The number of carbonyl (C=O) groups excluding carboxylic acids is 1. The maximum atomic E-state index is 12.9. The van der Waals surface area contributed by atoms with Crippen LogP contribution < -0.4 is 9.64 Å². The summed E-state index contributed by atoms with van der Waals surface area (Å²) in [4.78, 5) is 25.3. The first-order valence-electron chi connectivity index (χ1n) is 10.6. The third-order valence-corrected chi connectivity index (χ3v) is 7.76. The minimum absolute atomic E-state index is 0.0383. The molecule has 2 aliphatic heterocycles. The second-order valence-electron chi connectivity index (χ2n) is 8.07. The number of amides is 1. The highest BCUT2D eigenvalue weighted by atomic mass is 32.2. The van der Waals surface area contributed by atoms with E-state index in [-0.39, 0.29) is 28.8 Å². The largest absolute Gasteiger partial charge is 0.477 e. The van der Waals surface area contributed by atoms with Gasteiger partial charge in [0.05, 0.1) is 9.82 Å². The van der Waals surface area contributed by atoms with Gasteiger partial charge in [-0.3, -0.25) is 14.9 Å². The Hall–Kier alpha value is -2.98. The van der Waals surface area contributed by atoms with Gasteiger partial charge < -0.3 is 9.64 Å². The van der Waals surface area contributed by atoms with Gasteiger partial charge in [-0.25, -0.2) is 8.42 Å². The minimum atomic E-state index is -3.54. The van der Waals surface area contributed by atoms with E-state index >= 15 is 0 Å². The van der Waals surface area contributed by atoms with Crippen LogP contribution in [0.5, 0.6) is 5.75 Å². The molecule has 2 aromatic rings. The summed E-state index contributed by atoms with van der Waals surface area (Å²) < 4.78 is 32.9. The number of sulfonamides is 1. The molecule has 0 radical (unpaired) electrons. The molecule has 0 aromatic heterocycles. The molecule has 0 bridgehead atoms. The van der Waals surface area contributed by atoms with Crippen molar-refractivity contribution in [2.45, 2.75) is 37.5 Å². The normalized spacial score (nSPS) is 16.6. The Morgan fingerprint density at radius 1 is 1.09 bits per heavy atom. The number of nitrogens with zero attached hydrogens (tertiary/aromatic N) is 3. The molecule has 2 aromatic carbocycles. The lowest BCUT2D eigenvalue weighted by Gasteiger charge is -2.26. The van der Waals surface area contributed by atoms with Gasteiger partial charge in [-0.05, 0) is 61.6 Å². The van der Waals surface area contributed by atoms with Gasteiger partial charge in [-0.15, -0.1) is 0 Å². The summed E-state index contributed by atoms with van der Waals surface area (Å²) in [5.74, 6) is -0.304. The molecule has 10 heteroatoms. The summed E-state index contributed by atoms with van der Waals surface area (Å²) in [5, 5.41) is 11.2. The molecule has 170 valence electrons. The van der Waals surface area contributed by atoms with E-state index in [0.29, 0.717) is 31.7 Å². The zero-order valence-corrected chi connectivity index (χ0v) is 18.6. The van der Waals surface area contributed by atoms with Crippen LogP contribution in [0, 0.1) is 17.0 Å². The van der Waals surface area contributed by atoms with Crippen LogP contribution in [0.15, 0.2) is 41.3 Å². The number of rotatable bonds is 6. The number of hydrogen-bond acceptors (Lipinski definition) is 6. The summed E-state index contributed by atoms with van der Waals surface area (Å²) in [6.07, 6.45) is 3.31. The van der Waals surface area contributed by atoms with Crippen molar-refractivity contribution < 1.29 is 22.9 Å². The first-order chi connectivity index (χ1) is 15.3. The second kappa shape index (κ2) is 8.87. The number of anilines is 1. The quantitative estimate of drug-likeness (QED) is 0.485. The molecular formula is C22H25N3O6S. The van der Waals surface area contributed by atoms with Gasteiger partial charge in [0.25, 0.3) is 5.91 Å².